The summed E-state index contributed by atoms with van der Waals surface area (Å²) in [6.45, 7) is 2.85. The second-order valence-electron chi connectivity index (χ2n) is 6.95. The van der Waals surface area contributed by atoms with Crippen molar-refractivity contribution in [3.63, 3.8) is 0 Å². The smallest absolute Gasteiger partial charge is 0.423 e. The molecular formula is C21H21ClF4O3. The molecule has 0 aliphatic heterocycles. The summed E-state index contributed by atoms with van der Waals surface area (Å²) in [5.41, 5.74) is 6.66. The van der Waals surface area contributed by atoms with Crippen LogP contribution in [-0.2, 0) is 10.2 Å². The van der Waals surface area contributed by atoms with E-state index in [0.717, 1.165) is 11.1 Å². The Hall–Kier alpha value is -2.17. The number of allylic oxidation sites excluding steroid dienone is 3. The first-order valence-corrected chi connectivity index (χ1v) is 9.33. The SMILES string of the molecule is CC(C)(C1=C=C=C(OCC(F)C(F)(F)F)C=C1)c1ccc(OCC(O)CCl)cc1. The standard InChI is InChI=1S/C21H21ClF4O3/c1-20(2,14-3-7-17(8-4-14)28-12-16(27)11-22)15-5-9-18(10-6-15)29-13-19(23)21(24,25)26/h3-5,7-9,16,19,27H,11-13H2,1-2H3. The first-order valence-electron chi connectivity index (χ1n) is 8.79. The van der Waals surface area contributed by atoms with Gasteiger partial charge in [-0.05, 0) is 35.6 Å². The molecule has 0 amide bonds. The molecule has 0 bridgehead atoms. The number of benzene rings is 1. The monoisotopic (exact) mass is 432 g/mol. The highest BCUT2D eigenvalue weighted by atomic mass is 35.5. The molecular weight excluding hydrogens is 412 g/mol. The van der Waals surface area contributed by atoms with Crippen molar-refractivity contribution in [1.29, 1.82) is 0 Å². The van der Waals surface area contributed by atoms with Gasteiger partial charge in [-0.3, -0.25) is 0 Å². The van der Waals surface area contributed by atoms with Crippen LogP contribution in [0.2, 0.25) is 0 Å². The van der Waals surface area contributed by atoms with Gasteiger partial charge >= 0.3 is 6.18 Å². The Morgan fingerprint density at radius 1 is 1.03 bits per heavy atom. The van der Waals surface area contributed by atoms with E-state index >= 15 is 0 Å². The Labute approximate surface area is 171 Å². The van der Waals surface area contributed by atoms with Crippen LogP contribution in [0.15, 0.2) is 59.2 Å². The third-order valence-electron chi connectivity index (χ3n) is 4.33. The van der Waals surface area contributed by atoms with Crippen molar-refractivity contribution in [2.75, 3.05) is 19.1 Å². The first kappa shape index (κ1) is 23.1. The topological polar surface area (TPSA) is 38.7 Å². The highest BCUT2D eigenvalue weighted by Gasteiger charge is 2.40. The quantitative estimate of drug-likeness (QED) is 0.339. The number of hydrogen-bond donors (Lipinski definition) is 1. The summed E-state index contributed by atoms with van der Waals surface area (Å²) < 4.78 is 59.8. The van der Waals surface area contributed by atoms with E-state index < -0.39 is 30.5 Å². The van der Waals surface area contributed by atoms with Crippen LogP contribution < -0.4 is 4.74 Å². The lowest BCUT2D eigenvalue weighted by Gasteiger charge is -2.26. The van der Waals surface area contributed by atoms with Gasteiger partial charge in [0.25, 0.3) is 0 Å². The molecule has 0 fully saturated rings. The van der Waals surface area contributed by atoms with Crippen molar-refractivity contribution >= 4 is 11.6 Å². The molecule has 0 saturated carbocycles. The molecule has 0 spiro atoms. The summed E-state index contributed by atoms with van der Waals surface area (Å²) in [7, 11) is 0. The molecule has 3 nitrogen and oxygen atoms in total. The maximum absolute atomic E-state index is 12.9. The molecule has 158 valence electrons. The molecule has 2 unspecified atom stereocenters. The number of hydrogen-bond acceptors (Lipinski definition) is 3. The van der Waals surface area contributed by atoms with Crippen LogP contribution in [0.1, 0.15) is 19.4 Å². The lowest BCUT2D eigenvalue weighted by Crippen LogP contribution is -2.28. The summed E-state index contributed by atoms with van der Waals surface area (Å²) in [6.07, 6.45) is -5.68. The van der Waals surface area contributed by atoms with Crippen molar-refractivity contribution in [3.05, 3.63) is 64.8 Å². The van der Waals surface area contributed by atoms with Gasteiger partial charge in [0.15, 0.2) is 5.76 Å². The largest absolute Gasteiger partial charge is 0.491 e. The van der Waals surface area contributed by atoms with Crippen LogP contribution in [0.4, 0.5) is 17.6 Å². The van der Waals surface area contributed by atoms with Crippen LogP contribution in [-0.4, -0.2) is 42.7 Å². The molecule has 8 heteroatoms. The van der Waals surface area contributed by atoms with Gasteiger partial charge in [-0.25, -0.2) is 4.39 Å². The van der Waals surface area contributed by atoms with Crippen molar-refractivity contribution < 1.29 is 32.1 Å². The molecule has 2 atom stereocenters. The predicted molar refractivity (Wildman–Crippen MR) is 102 cm³/mol. The Morgan fingerprint density at radius 3 is 2.21 bits per heavy atom. The molecule has 1 aliphatic carbocycles. The molecule has 2 rings (SSSR count). The minimum Gasteiger partial charge on any atom is -0.491 e. The van der Waals surface area contributed by atoms with Gasteiger partial charge in [-0.15, -0.1) is 11.6 Å². The number of halogens is 5. The highest BCUT2D eigenvalue weighted by Crippen LogP contribution is 2.34. The number of alkyl halides is 5. The molecule has 0 radical (unpaired) electrons. The Bertz CT molecular complexity index is 830. The molecule has 0 saturated heterocycles. The Kier molecular flexibility index (Phi) is 7.61. The van der Waals surface area contributed by atoms with Crippen molar-refractivity contribution in [2.45, 2.75) is 37.7 Å². The van der Waals surface area contributed by atoms with E-state index in [1.54, 1.807) is 18.2 Å². The van der Waals surface area contributed by atoms with Gasteiger partial charge in [0.1, 0.15) is 25.1 Å². The van der Waals surface area contributed by atoms with Gasteiger partial charge in [-0.2, -0.15) is 13.2 Å². The Morgan fingerprint density at radius 2 is 1.69 bits per heavy atom. The van der Waals surface area contributed by atoms with Gasteiger partial charge < -0.3 is 14.6 Å². The van der Waals surface area contributed by atoms with Crippen LogP contribution in [0.3, 0.4) is 0 Å². The fourth-order valence-corrected chi connectivity index (χ4v) is 2.53. The van der Waals surface area contributed by atoms with Crippen LogP contribution >= 0.6 is 11.6 Å². The molecule has 1 aromatic carbocycles. The lowest BCUT2D eigenvalue weighted by atomic mass is 9.77. The van der Waals surface area contributed by atoms with E-state index in [-0.39, 0.29) is 18.2 Å². The molecule has 1 N–H and O–H groups in total. The van der Waals surface area contributed by atoms with Gasteiger partial charge in [0.05, 0.1) is 5.88 Å². The summed E-state index contributed by atoms with van der Waals surface area (Å²) in [5.74, 6) is 0.649. The van der Waals surface area contributed by atoms with Gasteiger partial charge in [0, 0.05) is 11.0 Å². The van der Waals surface area contributed by atoms with Gasteiger partial charge in [-0.1, -0.05) is 31.7 Å². The van der Waals surface area contributed by atoms with Crippen molar-refractivity contribution in [2.24, 2.45) is 0 Å². The van der Waals surface area contributed by atoms with E-state index in [2.05, 4.69) is 11.5 Å². The van der Waals surface area contributed by atoms with Crippen molar-refractivity contribution in [1.82, 2.24) is 0 Å². The zero-order chi connectivity index (χ0) is 21.7. The average Bonchev–Trinajstić information content (AvgIpc) is 2.70. The normalized spacial score (nSPS) is 16.1. The number of ether oxygens (including phenoxy) is 2. The van der Waals surface area contributed by atoms with Crippen LogP contribution in [0, 0.1) is 0 Å². The summed E-state index contributed by atoms with van der Waals surface area (Å²) in [5, 5.41) is 9.43. The first-order chi connectivity index (χ1) is 13.5. The van der Waals surface area contributed by atoms with E-state index in [0.29, 0.717) is 5.75 Å². The number of aliphatic hydroxyl groups is 1. The van der Waals surface area contributed by atoms with E-state index in [1.807, 2.05) is 26.0 Å². The van der Waals surface area contributed by atoms with E-state index in [9.17, 15) is 22.7 Å². The fourth-order valence-electron chi connectivity index (χ4n) is 2.44. The molecule has 29 heavy (non-hydrogen) atoms. The fraction of sp³-hybridized carbons (Fsp3) is 0.429. The third kappa shape index (κ3) is 6.41. The summed E-state index contributed by atoms with van der Waals surface area (Å²) >= 11 is 5.52. The second kappa shape index (κ2) is 9.55. The zero-order valence-electron chi connectivity index (χ0n) is 15.9. The van der Waals surface area contributed by atoms with Gasteiger partial charge in [0.2, 0.25) is 6.17 Å². The molecule has 0 heterocycles. The summed E-state index contributed by atoms with van der Waals surface area (Å²) in [6, 6.07) is 7.24. The highest BCUT2D eigenvalue weighted by molar-refractivity contribution is 6.18. The number of aliphatic hydroxyl groups excluding tert-OH is 1. The summed E-state index contributed by atoms with van der Waals surface area (Å²) in [4.78, 5) is 0. The maximum Gasteiger partial charge on any atom is 0.423 e. The van der Waals surface area contributed by atoms with Crippen molar-refractivity contribution in [3.8, 4) is 5.75 Å². The lowest BCUT2D eigenvalue weighted by molar-refractivity contribution is -0.190. The maximum atomic E-state index is 12.9. The zero-order valence-corrected chi connectivity index (χ0v) is 16.6. The second-order valence-corrected chi connectivity index (χ2v) is 7.26. The minimum absolute atomic E-state index is 0.0157. The van der Waals surface area contributed by atoms with E-state index in [1.165, 1.54) is 6.08 Å². The van der Waals surface area contributed by atoms with E-state index in [4.69, 9.17) is 21.1 Å². The minimum atomic E-state index is -4.95. The number of rotatable bonds is 9. The van der Waals surface area contributed by atoms with Crippen LogP contribution in [0.25, 0.3) is 0 Å². The Balaban J connectivity index is 2.09. The molecule has 1 aromatic rings. The average molecular weight is 433 g/mol. The van der Waals surface area contributed by atoms with Crippen LogP contribution in [0.5, 0.6) is 5.75 Å². The molecule has 0 aromatic heterocycles. The predicted octanol–water partition coefficient (Wildman–Crippen LogP) is 4.99. The third-order valence-corrected chi connectivity index (χ3v) is 4.69. The molecule has 1 aliphatic rings.